The molecule has 0 saturated carbocycles. The number of hydrogen-bond acceptors (Lipinski definition) is 5. The first kappa shape index (κ1) is 18.7. The molecule has 2 amide bonds. The molecular formula is C17H18ClN3O4. The first-order valence-electron chi connectivity index (χ1n) is 7.82. The topological polar surface area (TPSA) is 99.5 Å². The average molecular weight is 364 g/mol. The third-order valence-corrected chi connectivity index (χ3v) is 4.14. The van der Waals surface area contributed by atoms with Crippen LogP contribution in [0.4, 0.5) is 0 Å². The molecule has 0 aliphatic carbocycles. The van der Waals surface area contributed by atoms with Gasteiger partial charge in [-0.2, -0.15) is 5.26 Å². The molecule has 0 spiro atoms. The molecule has 8 heteroatoms. The van der Waals surface area contributed by atoms with Crippen LogP contribution in [0.25, 0.3) is 0 Å². The number of esters is 1. The third-order valence-electron chi connectivity index (χ3n) is 3.77. The highest BCUT2D eigenvalue weighted by molar-refractivity contribution is 6.31. The fourth-order valence-corrected chi connectivity index (χ4v) is 2.67. The van der Waals surface area contributed by atoms with Gasteiger partial charge in [0, 0.05) is 31.1 Å². The molecule has 1 fully saturated rings. The molecule has 0 bridgehead atoms. The molecule has 132 valence electrons. The van der Waals surface area contributed by atoms with Crippen LogP contribution in [0.2, 0.25) is 5.02 Å². The molecular weight excluding hydrogens is 346 g/mol. The monoisotopic (exact) mass is 363 g/mol. The van der Waals surface area contributed by atoms with E-state index in [1.807, 2.05) is 18.2 Å². The lowest BCUT2D eigenvalue weighted by atomic mass is 10.1. The van der Waals surface area contributed by atoms with Gasteiger partial charge in [0.2, 0.25) is 5.91 Å². The average Bonchev–Trinajstić information content (AvgIpc) is 2.96. The van der Waals surface area contributed by atoms with Crippen molar-refractivity contribution < 1.29 is 19.1 Å². The van der Waals surface area contributed by atoms with E-state index < -0.39 is 24.4 Å². The summed E-state index contributed by atoms with van der Waals surface area (Å²) in [6.45, 7) is 0.357. The second-order valence-electron chi connectivity index (χ2n) is 5.63. The number of nitrogens with one attached hydrogen (secondary N) is 1. The highest BCUT2D eigenvalue weighted by atomic mass is 35.5. The number of nitriles is 1. The van der Waals surface area contributed by atoms with Crippen LogP contribution >= 0.6 is 11.6 Å². The minimum Gasteiger partial charge on any atom is -0.455 e. The zero-order valence-corrected chi connectivity index (χ0v) is 14.3. The minimum atomic E-state index is -0.595. The van der Waals surface area contributed by atoms with E-state index in [1.54, 1.807) is 17.0 Å². The molecule has 1 atom stereocenters. The summed E-state index contributed by atoms with van der Waals surface area (Å²) in [6.07, 6.45) is 0.243. The summed E-state index contributed by atoms with van der Waals surface area (Å²) in [7, 11) is 0. The van der Waals surface area contributed by atoms with Crippen molar-refractivity contribution in [3.8, 4) is 6.07 Å². The molecule has 25 heavy (non-hydrogen) atoms. The van der Waals surface area contributed by atoms with Crippen LogP contribution in [0.5, 0.6) is 0 Å². The number of carbonyl (C=O) groups is 3. The maximum Gasteiger partial charge on any atom is 0.311 e. The highest BCUT2D eigenvalue weighted by Crippen LogP contribution is 2.24. The van der Waals surface area contributed by atoms with Gasteiger partial charge in [-0.05, 0) is 11.6 Å². The molecule has 1 aromatic rings. The number of carbonyl (C=O) groups excluding carboxylic acids is 3. The molecule has 1 saturated heterocycles. The summed E-state index contributed by atoms with van der Waals surface area (Å²) >= 11 is 6.09. The van der Waals surface area contributed by atoms with Crippen LogP contribution in [0, 0.1) is 17.2 Å². The molecule has 1 aliphatic heterocycles. The summed E-state index contributed by atoms with van der Waals surface area (Å²) in [5.41, 5.74) is 0.809. The van der Waals surface area contributed by atoms with E-state index in [1.165, 1.54) is 0 Å². The van der Waals surface area contributed by atoms with Crippen molar-refractivity contribution in [1.29, 1.82) is 5.26 Å². The third kappa shape index (κ3) is 5.47. The van der Waals surface area contributed by atoms with Gasteiger partial charge in [0.1, 0.15) is 0 Å². The number of halogens is 1. The van der Waals surface area contributed by atoms with Gasteiger partial charge in [0.05, 0.1) is 18.4 Å². The molecule has 0 aromatic heterocycles. The predicted octanol–water partition coefficient (Wildman–Crippen LogP) is 1.26. The van der Waals surface area contributed by atoms with Crippen LogP contribution < -0.4 is 5.32 Å². The number of benzene rings is 1. The van der Waals surface area contributed by atoms with Crippen molar-refractivity contribution in [3.63, 3.8) is 0 Å². The van der Waals surface area contributed by atoms with Gasteiger partial charge in [-0.25, -0.2) is 0 Å². The Hall–Kier alpha value is -2.59. The van der Waals surface area contributed by atoms with Crippen LogP contribution in [0.3, 0.4) is 0 Å². The Bertz CT molecular complexity index is 701. The van der Waals surface area contributed by atoms with Crippen LogP contribution in [-0.2, 0) is 25.7 Å². The number of ether oxygens (including phenoxy) is 1. The fraction of sp³-hybridized carbons (Fsp3) is 0.412. The molecule has 2 rings (SSSR count). The molecule has 1 aromatic carbocycles. The Balaban J connectivity index is 1.81. The number of likely N-dealkylation sites (tertiary alicyclic amines) is 1. The summed E-state index contributed by atoms with van der Waals surface area (Å²) < 4.78 is 4.95. The van der Waals surface area contributed by atoms with E-state index in [-0.39, 0.29) is 31.8 Å². The van der Waals surface area contributed by atoms with Gasteiger partial charge < -0.3 is 15.0 Å². The first-order valence-corrected chi connectivity index (χ1v) is 8.20. The Labute approximate surface area is 150 Å². The van der Waals surface area contributed by atoms with Crippen molar-refractivity contribution in [2.24, 2.45) is 5.92 Å². The largest absolute Gasteiger partial charge is 0.455 e. The number of amides is 2. The highest BCUT2D eigenvalue weighted by Gasteiger charge is 2.35. The van der Waals surface area contributed by atoms with Gasteiger partial charge in [-0.3, -0.25) is 14.4 Å². The van der Waals surface area contributed by atoms with Gasteiger partial charge >= 0.3 is 5.97 Å². The molecule has 1 heterocycles. The SMILES string of the molecule is N#CCCNC(=O)COC(=O)[C@H]1CC(=O)N(Cc2ccccc2Cl)C1. The van der Waals surface area contributed by atoms with Crippen LogP contribution in [0.15, 0.2) is 24.3 Å². The summed E-state index contributed by atoms with van der Waals surface area (Å²) in [5.74, 6) is -1.80. The smallest absolute Gasteiger partial charge is 0.311 e. The van der Waals surface area contributed by atoms with Crippen molar-refractivity contribution >= 4 is 29.4 Å². The molecule has 7 nitrogen and oxygen atoms in total. The van der Waals surface area contributed by atoms with Gasteiger partial charge in [0.25, 0.3) is 5.91 Å². The Morgan fingerprint density at radius 1 is 1.40 bits per heavy atom. The van der Waals surface area contributed by atoms with Gasteiger partial charge in [-0.15, -0.1) is 0 Å². The Kier molecular flexibility index (Phi) is 6.78. The maximum absolute atomic E-state index is 12.1. The van der Waals surface area contributed by atoms with E-state index in [0.717, 1.165) is 5.56 Å². The van der Waals surface area contributed by atoms with Crippen molar-refractivity contribution in [3.05, 3.63) is 34.9 Å². The zero-order chi connectivity index (χ0) is 18.2. The van der Waals surface area contributed by atoms with Gasteiger partial charge in [-0.1, -0.05) is 29.8 Å². The first-order chi connectivity index (χ1) is 12.0. The second-order valence-corrected chi connectivity index (χ2v) is 6.04. The van der Waals surface area contributed by atoms with Crippen LogP contribution in [0.1, 0.15) is 18.4 Å². The zero-order valence-electron chi connectivity index (χ0n) is 13.5. The van der Waals surface area contributed by atoms with E-state index in [9.17, 15) is 14.4 Å². The molecule has 0 unspecified atom stereocenters. The van der Waals surface area contributed by atoms with E-state index in [4.69, 9.17) is 21.6 Å². The van der Waals surface area contributed by atoms with E-state index >= 15 is 0 Å². The molecule has 1 aliphatic rings. The normalized spacial score (nSPS) is 16.4. The number of rotatable bonds is 7. The summed E-state index contributed by atoms with van der Waals surface area (Å²) in [4.78, 5) is 37.1. The number of nitrogens with zero attached hydrogens (tertiary/aromatic N) is 2. The van der Waals surface area contributed by atoms with Crippen molar-refractivity contribution in [2.75, 3.05) is 19.7 Å². The predicted molar refractivity (Wildman–Crippen MR) is 89.2 cm³/mol. The van der Waals surface area contributed by atoms with Crippen molar-refractivity contribution in [2.45, 2.75) is 19.4 Å². The van der Waals surface area contributed by atoms with Crippen LogP contribution in [-0.4, -0.2) is 42.4 Å². The Morgan fingerprint density at radius 2 is 2.16 bits per heavy atom. The fourth-order valence-electron chi connectivity index (χ4n) is 2.48. The maximum atomic E-state index is 12.1. The number of hydrogen-bond donors (Lipinski definition) is 1. The quantitative estimate of drug-likeness (QED) is 0.580. The minimum absolute atomic E-state index is 0.0549. The lowest BCUT2D eigenvalue weighted by Crippen LogP contribution is -2.31. The van der Waals surface area contributed by atoms with E-state index in [0.29, 0.717) is 11.6 Å². The second kappa shape index (κ2) is 9.04. The lowest BCUT2D eigenvalue weighted by Gasteiger charge is -2.17. The Morgan fingerprint density at radius 3 is 2.88 bits per heavy atom. The molecule has 0 radical (unpaired) electrons. The molecule has 1 N–H and O–H groups in total. The standard InChI is InChI=1S/C17H18ClN3O4/c18-14-5-2-1-4-12(14)9-21-10-13(8-16(21)23)17(24)25-11-15(22)20-7-3-6-19/h1-2,4-5,13H,3,7-11H2,(H,20,22)/t13-/m0/s1. The van der Waals surface area contributed by atoms with E-state index in [2.05, 4.69) is 5.32 Å². The summed E-state index contributed by atoms with van der Waals surface area (Å²) in [6, 6.07) is 9.10. The van der Waals surface area contributed by atoms with Gasteiger partial charge in [0.15, 0.2) is 6.61 Å². The summed E-state index contributed by atoms with van der Waals surface area (Å²) in [5, 5.41) is 11.4. The van der Waals surface area contributed by atoms with Crippen molar-refractivity contribution in [1.82, 2.24) is 10.2 Å². The lowest BCUT2D eigenvalue weighted by molar-refractivity contribution is -0.152.